The lowest BCUT2D eigenvalue weighted by molar-refractivity contribution is 0.101. The van der Waals surface area contributed by atoms with Crippen LogP contribution in [0.15, 0.2) is 12.4 Å². The number of hydrogen-bond donors (Lipinski definition) is 0. The summed E-state index contributed by atoms with van der Waals surface area (Å²) in [5.41, 5.74) is 0.495. The van der Waals surface area contributed by atoms with Gasteiger partial charge in [0.05, 0.1) is 0 Å². The van der Waals surface area contributed by atoms with Crippen LogP contribution in [-0.4, -0.2) is 28.8 Å². The van der Waals surface area contributed by atoms with Crippen molar-refractivity contribution >= 4 is 11.6 Å². The van der Waals surface area contributed by atoms with Crippen molar-refractivity contribution in [2.24, 2.45) is 0 Å². The molecule has 1 aliphatic heterocycles. The number of anilines is 1. The number of Topliss-reactive ketones (excluding diaryl/α,β-unsaturated/α-hetero) is 1. The number of aromatic nitrogens is 2. The predicted octanol–water partition coefficient (Wildman–Crippen LogP) is 1.28. The van der Waals surface area contributed by atoms with E-state index in [2.05, 4.69) is 14.9 Å². The van der Waals surface area contributed by atoms with Gasteiger partial charge < -0.3 is 4.90 Å². The Kier molecular flexibility index (Phi) is 2.43. The molecule has 2 rings (SSSR count). The molecular weight excluding hydrogens is 178 g/mol. The maximum absolute atomic E-state index is 11.3. The Hall–Kier alpha value is -1.45. The first-order valence-corrected chi connectivity index (χ1v) is 4.86. The molecule has 2 heterocycles. The Morgan fingerprint density at radius 3 is 2.57 bits per heavy atom. The van der Waals surface area contributed by atoms with Crippen LogP contribution in [0.1, 0.15) is 30.3 Å². The van der Waals surface area contributed by atoms with Crippen molar-refractivity contribution in [1.29, 1.82) is 0 Å². The average Bonchev–Trinajstić information content (AvgIpc) is 2.70. The number of hydrogen-bond acceptors (Lipinski definition) is 4. The quantitative estimate of drug-likeness (QED) is 0.660. The van der Waals surface area contributed by atoms with Gasteiger partial charge >= 0.3 is 0 Å². The maximum atomic E-state index is 11.3. The van der Waals surface area contributed by atoms with Gasteiger partial charge in [-0.15, -0.1) is 0 Å². The summed E-state index contributed by atoms with van der Waals surface area (Å²) in [6.45, 7) is 3.50. The number of carbonyl (C=O) groups is 1. The Morgan fingerprint density at radius 2 is 1.93 bits per heavy atom. The third-order valence-corrected chi connectivity index (χ3v) is 2.42. The molecule has 0 radical (unpaired) electrons. The van der Waals surface area contributed by atoms with Crippen LogP contribution in [0.5, 0.6) is 0 Å². The smallest absolute Gasteiger partial charge is 0.181 e. The summed E-state index contributed by atoms with van der Waals surface area (Å²) in [5.74, 6) is 0.734. The summed E-state index contributed by atoms with van der Waals surface area (Å²) >= 11 is 0. The Morgan fingerprint density at radius 1 is 1.29 bits per heavy atom. The molecule has 0 aromatic carbocycles. The lowest BCUT2D eigenvalue weighted by Crippen LogP contribution is -2.22. The third kappa shape index (κ3) is 1.60. The molecule has 0 unspecified atom stereocenters. The zero-order valence-electron chi connectivity index (χ0n) is 8.23. The highest BCUT2D eigenvalue weighted by Crippen LogP contribution is 2.20. The summed E-state index contributed by atoms with van der Waals surface area (Å²) < 4.78 is 0. The van der Waals surface area contributed by atoms with Gasteiger partial charge in [0.1, 0.15) is 5.69 Å². The fourth-order valence-electron chi connectivity index (χ4n) is 1.74. The molecule has 1 aromatic rings. The van der Waals surface area contributed by atoms with Gasteiger partial charge in [0, 0.05) is 32.4 Å². The van der Waals surface area contributed by atoms with Gasteiger partial charge in [0.15, 0.2) is 11.6 Å². The molecule has 0 spiro atoms. The molecule has 14 heavy (non-hydrogen) atoms. The van der Waals surface area contributed by atoms with E-state index in [0.29, 0.717) is 5.69 Å². The Labute approximate surface area is 83.0 Å². The number of carbonyl (C=O) groups excluding carboxylic acids is 1. The predicted molar refractivity (Wildman–Crippen MR) is 53.5 cm³/mol. The van der Waals surface area contributed by atoms with Gasteiger partial charge in [0.2, 0.25) is 0 Å². The highest BCUT2D eigenvalue weighted by molar-refractivity contribution is 5.96. The average molecular weight is 191 g/mol. The first kappa shape index (κ1) is 9.12. The second-order valence-electron chi connectivity index (χ2n) is 3.48. The van der Waals surface area contributed by atoms with E-state index in [1.165, 1.54) is 19.8 Å². The molecular formula is C10H13N3O. The topological polar surface area (TPSA) is 46.1 Å². The molecule has 0 amide bonds. The van der Waals surface area contributed by atoms with E-state index in [1.807, 2.05) is 0 Å². The van der Waals surface area contributed by atoms with Crippen LogP contribution in [0.4, 0.5) is 5.82 Å². The molecule has 74 valence electrons. The van der Waals surface area contributed by atoms with Crippen LogP contribution in [0.25, 0.3) is 0 Å². The van der Waals surface area contributed by atoms with Gasteiger partial charge in [-0.3, -0.25) is 4.79 Å². The standard InChI is InChI=1S/C10H13N3O/c1-8(14)9-10(12-5-4-11-9)13-6-2-3-7-13/h4-5H,2-3,6-7H2,1H3. The van der Waals surface area contributed by atoms with Crippen molar-refractivity contribution in [3.05, 3.63) is 18.1 Å². The molecule has 4 heteroatoms. The molecule has 4 nitrogen and oxygen atoms in total. The molecule has 0 bridgehead atoms. The summed E-state index contributed by atoms with van der Waals surface area (Å²) in [6, 6.07) is 0. The normalized spacial score (nSPS) is 15.9. The van der Waals surface area contributed by atoms with Crippen LogP contribution in [-0.2, 0) is 0 Å². The van der Waals surface area contributed by atoms with Crippen LogP contribution < -0.4 is 4.90 Å². The number of nitrogens with zero attached hydrogens (tertiary/aromatic N) is 3. The Bertz CT molecular complexity index is 345. The van der Waals surface area contributed by atoms with E-state index in [0.717, 1.165) is 18.9 Å². The van der Waals surface area contributed by atoms with Crippen LogP contribution >= 0.6 is 0 Å². The molecule has 1 aliphatic rings. The molecule has 0 saturated carbocycles. The zero-order valence-corrected chi connectivity index (χ0v) is 8.23. The lowest BCUT2D eigenvalue weighted by atomic mass is 10.3. The van der Waals surface area contributed by atoms with E-state index < -0.39 is 0 Å². The first-order chi connectivity index (χ1) is 6.79. The van der Waals surface area contributed by atoms with Crippen molar-refractivity contribution in [3.63, 3.8) is 0 Å². The minimum atomic E-state index is -0.0139. The van der Waals surface area contributed by atoms with Crippen LogP contribution in [0.3, 0.4) is 0 Å². The van der Waals surface area contributed by atoms with Gasteiger partial charge in [-0.05, 0) is 12.8 Å². The second kappa shape index (κ2) is 3.74. The number of rotatable bonds is 2. The molecule has 0 atom stereocenters. The summed E-state index contributed by atoms with van der Waals surface area (Å²) in [5, 5.41) is 0. The molecule has 1 saturated heterocycles. The maximum Gasteiger partial charge on any atom is 0.181 e. The van der Waals surface area contributed by atoms with Crippen LogP contribution in [0, 0.1) is 0 Å². The molecule has 1 fully saturated rings. The first-order valence-electron chi connectivity index (χ1n) is 4.86. The van der Waals surface area contributed by atoms with Gasteiger partial charge in [-0.25, -0.2) is 9.97 Å². The third-order valence-electron chi connectivity index (χ3n) is 2.42. The van der Waals surface area contributed by atoms with Crippen molar-refractivity contribution in [2.45, 2.75) is 19.8 Å². The van der Waals surface area contributed by atoms with Gasteiger partial charge in [-0.1, -0.05) is 0 Å². The molecule has 0 N–H and O–H groups in total. The summed E-state index contributed by atoms with van der Waals surface area (Å²) in [4.78, 5) is 21.7. The number of ketones is 1. The van der Waals surface area contributed by atoms with E-state index in [-0.39, 0.29) is 5.78 Å². The van der Waals surface area contributed by atoms with E-state index >= 15 is 0 Å². The molecule has 1 aromatic heterocycles. The van der Waals surface area contributed by atoms with Crippen molar-refractivity contribution in [1.82, 2.24) is 9.97 Å². The largest absolute Gasteiger partial charge is 0.355 e. The van der Waals surface area contributed by atoms with E-state index in [4.69, 9.17) is 0 Å². The van der Waals surface area contributed by atoms with Crippen LogP contribution in [0.2, 0.25) is 0 Å². The summed E-state index contributed by atoms with van der Waals surface area (Å²) in [7, 11) is 0. The van der Waals surface area contributed by atoms with Crippen molar-refractivity contribution in [2.75, 3.05) is 18.0 Å². The molecule has 0 aliphatic carbocycles. The SMILES string of the molecule is CC(=O)c1nccnc1N1CCCC1. The minimum Gasteiger partial charge on any atom is -0.355 e. The fourth-order valence-corrected chi connectivity index (χ4v) is 1.74. The summed E-state index contributed by atoms with van der Waals surface area (Å²) in [6.07, 6.45) is 5.55. The van der Waals surface area contributed by atoms with Gasteiger partial charge in [-0.2, -0.15) is 0 Å². The van der Waals surface area contributed by atoms with E-state index in [9.17, 15) is 4.79 Å². The second-order valence-corrected chi connectivity index (χ2v) is 3.48. The minimum absolute atomic E-state index is 0.0139. The fraction of sp³-hybridized carbons (Fsp3) is 0.500. The highest BCUT2D eigenvalue weighted by atomic mass is 16.1. The Balaban J connectivity index is 2.35. The van der Waals surface area contributed by atoms with E-state index in [1.54, 1.807) is 12.4 Å². The lowest BCUT2D eigenvalue weighted by Gasteiger charge is -2.17. The van der Waals surface area contributed by atoms with Crippen molar-refractivity contribution in [3.8, 4) is 0 Å². The van der Waals surface area contributed by atoms with Gasteiger partial charge in [0.25, 0.3) is 0 Å². The zero-order chi connectivity index (χ0) is 9.97. The highest BCUT2D eigenvalue weighted by Gasteiger charge is 2.19. The van der Waals surface area contributed by atoms with Crippen molar-refractivity contribution < 1.29 is 4.79 Å². The monoisotopic (exact) mass is 191 g/mol.